The Hall–Kier alpha value is -2.37. The fourth-order valence-corrected chi connectivity index (χ4v) is 2.38. The lowest BCUT2D eigenvalue weighted by Crippen LogP contribution is -2.30. The lowest BCUT2D eigenvalue weighted by Gasteiger charge is -2.14. The number of amides is 1. The van der Waals surface area contributed by atoms with Crippen LogP contribution in [-0.2, 0) is 9.53 Å². The lowest BCUT2D eigenvalue weighted by atomic mass is 10.1. The molecule has 0 aliphatic carbocycles. The molecule has 0 aromatic heterocycles. The molecular formula is C18H15Cl2NO4. The summed E-state index contributed by atoms with van der Waals surface area (Å²) in [6.45, 7) is 2.86. The van der Waals surface area contributed by atoms with Gasteiger partial charge in [-0.2, -0.15) is 0 Å². The molecule has 5 nitrogen and oxygen atoms in total. The SMILES string of the molecule is CC(=O)c1cccc(NC(=O)[C@H](C)OC(=O)c2cccc(Cl)c2Cl)c1. The monoisotopic (exact) mass is 379 g/mol. The van der Waals surface area contributed by atoms with Gasteiger partial charge in [0.15, 0.2) is 11.9 Å². The number of esters is 1. The number of halogens is 2. The quantitative estimate of drug-likeness (QED) is 0.617. The highest BCUT2D eigenvalue weighted by Crippen LogP contribution is 2.26. The fraction of sp³-hybridized carbons (Fsp3) is 0.167. The lowest BCUT2D eigenvalue weighted by molar-refractivity contribution is -0.123. The maximum absolute atomic E-state index is 12.2. The molecule has 0 bridgehead atoms. The van der Waals surface area contributed by atoms with Crippen LogP contribution in [-0.4, -0.2) is 23.8 Å². The van der Waals surface area contributed by atoms with Crippen molar-refractivity contribution in [3.63, 3.8) is 0 Å². The minimum Gasteiger partial charge on any atom is -0.449 e. The number of nitrogens with one attached hydrogen (secondary N) is 1. The van der Waals surface area contributed by atoms with E-state index < -0.39 is 18.0 Å². The van der Waals surface area contributed by atoms with Crippen molar-refractivity contribution in [3.8, 4) is 0 Å². The number of hydrogen-bond acceptors (Lipinski definition) is 4. The standard InChI is InChI=1S/C18H15Cl2NO4/c1-10(22)12-5-3-6-13(9-12)21-17(23)11(2)25-18(24)14-7-4-8-15(19)16(14)20/h3-9,11H,1-2H3,(H,21,23)/t11-/m0/s1. The van der Waals surface area contributed by atoms with Crippen molar-refractivity contribution in [1.82, 2.24) is 0 Å². The van der Waals surface area contributed by atoms with Gasteiger partial charge in [0.2, 0.25) is 0 Å². The molecule has 0 fully saturated rings. The van der Waals surface area contributed by atoms with E-state index in [1.807, 2.05) is 0 Å². The van der Waals surface area contributed by atoms with Crippen LogP contribution in [0.25, 0.3) is 0 Å². The molecule has 1 atom stereocenters. The van der Waals surface area contributed by atoms with Crippen LogP contribution >= 0.6 is 23.2 Å². The molecule has 2 aromatic carbocycles. The number of rotatable bonds is 5. The molecule has 0 aliphatic heterocycles. The van der Waals surface area contributed by atoms with Crippen molar-refractivity contribution in [3.05, 3.63) is 63.6 Å². The minimum atomic E-state index is -1.07. The predicted molar refractivity (Wildman–Crippen MR) is 96.4 cm³/mol. The van der Waals surface area contributed by atoms with Crippen LogP contribution in [0.3, 0.4) is 0 Å². The highest BCUT2D eigenvalue weighted by atomic mass is 35.5. The van der Waals surface area contributed by atoms with Gasteiger partial charge in [-0.1, -0.05) is 41.4 Å². The Bertz CT molecular complexity index is 836. The van der Waals surface area contributed by atoms with Gasteiger partial charge in [0.25, 0.3) is 5.91 Å². The normalized spacial score (nSPS) is 11.5. The van der Waals surface area contributed by atoms with Crippen molar-refractivity contribution >= 4 is 46.5 Å². The first-order valence-corrected chi connectivity index (χ1v) is 8.12. The van der Waals surface area contributed by atoms with E-state index in [2.05, 4.69) is 5.32 Å². The summed E-state index contributed by atoms with van der Waals surface area (Å²) in [6, 6.07) is 11.0. The van der Waals surface area contributed by atoms with E-state index in [0.29, 0.717) is 11.3 Å². The molecule has 1 N–H and O–H groups in total. The smallest absolute Gasteiger partial charge is 0.340 e. The maximum Gasteiger partial charge on any atom is 0.340 e. The van der Waals surface area contributed by atoms with Crippen molar-refractivity contribution < 1.29 is 19.1 Å². The summed E-state index contributed by atoms with van der Waals surface area (Å²) in [6.07, 6.45) is -1.07. The first-order valence-electron chi connectivity index (χ1n) is 7.36. The molecule has 0 saturated heterocycles. The molecule has 2 rings (SSSR count). The molecule has 0 saturated carbocycles. The van der Waals surface area contributed by atoms with Gasteiger partial charge < -0.3 is 10.1 Å². The van der Waals surface area contributed by atoms with Gasteiger partial charge in [-0.05, 0) is 38.1 Å². The third-order valence-electron chi connectivity index (χ3n) is 3.36. The molecule has 25 heavy (non-hydrogen) atoms. The van der Waals surface area contributed by atoms with Gasteiger partial charge in [0, 0.05) is 11.3 Å². The molecular weight excluding hydrogens is 365 g/mol. The van der Waals surface area contributed by atoms with Crippen LogP contribution in [0.5, 0.6) is 0 Å². The number of Topliss-reactive ketones (excluding diaryl/α,β-unsaturated/α-hetero) is 1. The fourth-order valence-electron chi connectivity index (χ4n) is 2.00. The zero-order valence-electron chi connectivity index (χ0n) is 13.5. The molecule has 0 radical (unpaired) electrons. The summed E-state index contributed by atoms with van der Waals surface area (Å²) in [5, 5.41) is 2.87. The summed E-state index contributed by atoms with van der Waals surface area (Å²) >= 11 is 11.8. The Morgan fingerprint density at radius 2 is 1.76 bits per heavy atom. The molecule has 130 valence electrons. The van der Waals surface area contributed by atoms with Crippen molar-refractivity contribution in [2.45, 2.75) is 20.0 Å². The van der Waals surface area contributed by atoms with Gasteiger partial charge in [0.1, 0.15) is 0 Å². The molecule has 0 unspecified atom stereocenters. The van der Waals surface area contributed by atoms with Crippen molar-refractivity contribution in [1.29, 1.82) is 0 Å². The largest absolute Gasteiger partial charge is 0.449 e. The van der Waals surface area contributed by atoms with Crippen LogP contribution in [0.2, 0.25) is 10.0 Å². The molecule has 0 spiro atoms. The first kappa shape index (κ1) is 19.0. The predicted octanol–water partition coefficient (Wildman–Crippen LogP) is 4.38. The Morgan fingerprint density at radius 3 is 2.44 bits per heavy atom. The van der Waals surface area contributed by atoms with E-state index in [0.717, 1.165) is 0 Å². The second-order valence-corrected chi connectivity index (χ2v) is 6.06. The third kappa shape index (κ3) is 4.81. The van der Waals surface area contributed by atoms with Crippen LogP contribution in [0.4, 0.5) is 5.69 Å². The van der Waals surface area contributed by atoms with Crippen molar-refractivity contribution in [2.24, 2.45) is 0 Å². The van der Waals surface area contributed by atoms with E-state index in [9.17, 15) is 14.4 Å². The summed E-state index contributed by atoms with van der Waals surface area (Å²) in [7, 11) is 0. The average molecular weight is 380 g/mol. The number of carbonyl (C=O) groups excluding carboxylic acids is 3. The molecule has 1 amide bonds. The molecule has 0 heterocycles. The van der Waals surface area contributed by atoms with Crippen LogP contribution < -0.4 is 5.32 Å². The van der Waals surface area contributed by atoms with Gasteiger partial charge >= 0.3 is 5.97 Å². The highest BCUT2D eigenvalue weighted by molar-refractivity contribution is 6.43. The topological polar surface area (TPSA) is 72.5 Å². The summed E-state index contributed by atoms with van der Waals surface area (Å²) < 4.78 is 5.12. The highest BCUT2D eigenvalue weighted by Gasteiger charge is 2.21. The Labute approximate surface area is 154 Å². The van der Waals surface area contributed by atoms with Gasteiger partial charge in [-0.3, -0.25) is 9.59 Å². The Morgan fingerprint density at radius 1 is 1.08 bits per heavy atom. The Balaban J connectivity index is 2.05. The van der Waals surface area contributed by atoms with Crippen LogP contribution in [0.15, 0.2) is 42.5 Å². The minimum absolute atomic E-state index is 0.0657. The number of anilines is 1. The zero-order chi connectivity index (χ0) is 18.6. The number of ketones is 1. The van der Waals surface area contributed by atoms with E-state index in [1.165, 1.54) is 19.9 Å². The second kappa shape index (κ2) is 8.14. The van der Waals surface area contributed by atoms with E-state index in [1.54, 1.807) is 36.4 Å². The Kier molecular flexibility index (Phi) is 6.17. The average Bonchev–Trinajstić information content (AvgIpc) is 2.57. The van der Waals surface area contributed by atoms with E-state index >= 15 is 0 Å². The maximum atomic E-state index is 12.2. The van der Waals surface area contributed by atoms with E-state index in [4.69, 9.17) is 27.9 Å². The van der Waals surface area contributed by atoms with E-state index in [-0.39, 0.29) is 21.4 Å². The van der Waals surface area contributed by atoms with Crippen molar-refractivity contribution in [2.75, 3.05) is 5.32 Å². The zero-order valence-corrected chi connectivity index (χ0v) is 15.0. The summed E-state index contributed by atoms with van der Waals surface area (Å²) in [5.74, 6) is -1.41. The van der Waals surface area contributed by atoms with Gasteiger partial charge in [0.05, 0.1) is 15.6 Å². The molecule has 0 aliphatic rings. The summed E-state index contributed by atoms with van der Waals surface area (Å²) in [5.41, 5.74) is 0.974. The number of hydrogen-bond donors (Lipinski definition) is 1. The third-order valence-corrected chi connectivity index (χ3v) is 4.18. The van der Waals surface area contributed by atoms with Gasteiger partial charge in [-0.25, -0.2) is 4.79 Å². The van der Waals surface area contributed by atoms with Gasteiger partial charge in [-0.15, -0.1) is 0 Å². The molecule has 7 heteroatoms. The number of benzene rings is 2. The van der Waals surface area contributed by atoms with Crippen LogP contribution in [0.1, 0.15) is 34.6 Å². The first-order chi connectivity index (χ1) is 11.8. The molecule has 2 aromatic rings. The number of ether oxygens (including phenoxy) is 1. The van der Waals surface area contributed by atoms with Crippen LogP contribution in [0, 0.1) is 0 Å². The second-order valence-electron chi connectivity index (χ2n) is 5.28. The number of carbonyl (C=O) groups is 3. The summed E-state index contributed by atoms with van der Waals surface area (Å²) in [4.78, 5) is 35.7.